The van der Waals surface area contributed by atoms with Crippen LogP contribution < -0.4 is 10.1 Å². The van der Waals surface area contributed by atoms with Crippen LogP contribution in [0.4, 0.5) is 10.5 Å². The van der Waals surface area contributed by atoms with Gasteiger partial charge >= 0.3 is 6.03 Å². The molecular weight excluding hydrogens is 570 g/mol. The molecule has 1 aliphatic heterocycles. The zero-order chi connectivity index (χ0) is 31.0. The molecule has 2 N–H and O–H groups in total. The number of carbonyl (C=O) groups is 1. The molecule has 0 saturated heterocycles. The molecule has 0 saturated carbocycles. The summed E-state index contributed by atoms with van der Waals surface area (Å²) in [5, 5.41) is 7.47. The number of fused-ring (bicyclic) bond motifs is 1. The van der Waals surface area contributed by atoms with E-state index in [2.05, 4.69) is 24.3 Å². The van der Waals surface area contributed by atoms with Crippen molar-refractivity contribution in [3.63, 3.8) is 0 Å². The number of nitrogens with one attached hydrogen (secondary N) is 2. The van der Waals surface area contributed by atoms with E-state index in [1.165, 1.54) is 10.5 Å². The molecule has 0 bridgehead atoms. The molecule has 44 heavy (non-hydrogen) atoms. The van der Waals surface area contributed by atoms with Crippen molar-refractivity contribution in [1.29, 1.82) is 4.78 Å². The van der Waals surface area contributed by atoms with Gasteiger partial charge in [0.25, 0.3) is 0 Å². The number of rotatable bonds is 7. The quantitative estimate of drug-likeness (QED) is 0.188. The standard InChI is InChI=1S/C35H35N5O3S/c1-26-14-13-21-30(22-26)38-33(41)40(44(36,42)31-23-37-39-24-34(2,3)25-43-32(31)39)35(27-15-7-4-8-16-27,28-17-9-5-10-18-28)29-19-11-6-12-20-29/h4-23,36H,24-25H2,1-3H3,(H,38,41). The van der Waals surface area contributed by atoms with Crippen LogP contribution in [0.1, 0.15) is 36.1 Å². The summed E-state index contributed by atoms with van der Waals surface area (Å²) >= 11 is 0. The van der Waals surface area contributed by atoms with E-state index in [-0.39, 0.29) is 16.2 Å². The highest BCUT2D eigenvalue weighted by Crippen LogP contribution is 2.47. The maximum Gasteiger partial charge on any atom is 0.336 e. The number of aromatic nitrogens is 2. The van der Waals surface area contributed by atoms with E-state index in [1.807, 2.05) is 116 Å². The summed E-state index contributed by atoms with van der Waals surface area (Å²) in [5.74, 6) is 0.237. The number of hydrogen-bond acceptors (Lipinski definition) is 5. The number of benzene rings is 4. The lowest BCUT2D eigenvalue weighted by molar-refractivity contribution is 0.0970. The van der Waals surface area contributed by atoms with Crippen LogP contribution in [0.25, 0.3) is 0 Å². The fourth-order valence-corrected chi connectivity index (χ4v) is 7.64. The highest BCUT2D eigenvalue weighted by atomic mass is 32.2. The van der Waals surface area contributed by atoms with Crippen LogP contribution in [0.2, 0.25) is 0 Å². The minimum atomic E-state index is -4.16. The molecular formula is C35H35N5O3S. The van der Waals surface area contributed by atoms with Crippen molar-refractivity contribution in [2.45, 2.75) is 37.8 Å². The van der Waals surface area contributed by atoms with Gasteiger partial charge in [0, 0.05) is 11.1 Å². The van der Waals surface area contributed by atoms with Gasteiger partial charge in [-0.25, -0.2) is 22.8 Å². The molecule has 9 heteroatoms. The first-order valence-electron chi connectivity index (χ1n) is 14.4. The van der Waals surface area contributed by atoms with Gasteiger partial charge in [-0.3, -0.25) is 0 Å². The number of carbonyl (C=O) groups excluding carboxylic acids is 1. The summed E-state index contributed by atoms with van der Waals surface area (Å²) in [6.07, 6.45) is 1.41. The van der Waals surface area contributed by atoms with Crippen molar-refractivity contribution in [3.8, 4) is 5.88 Å². The SMILES string of the molecule is Cc1cccc(NC(=O)N(C(c2ccccc2)(c2ccccc2)c2ccccc2)S(=N)(=O)c2cnn3c2OCC(C)(C)C3)c1. The fourth-order valence-electron chi connectivity index (χ4n) is 5.87. The first-order valence-corrected chi connectivity index (χ1v) is 16.0. The van der Waals surface area contributed by atoms with Gasteiger partial charge in [0.15, 0.2) is 9.92 Å². The maximum absolute atomic E-state index is 15.4. The Labute approximate surface area is 258 Å². The molecule has 4 aromatic carbocycles. The van der Waals surface area contributed by atoms with Gasteiger partial charge in [-0.1, -0.05) is 117 Å². The zero-order valence-electron chi connectivity index (χ0n) is 24.9. The number of aryl methyl sites for hydroxylation is 1. The lowest BCUT2D eigenvalue weighted by Crippen LogP contribution is -2.55. The van der Waals surface area contributed by atoms with Crippen molar-refractivity contribution in [1.82, 2.24) is 14.1 Å². The molecule has 0 radical (unpaired) electrons. The minimum Gasteiger partial charge on any atom is -0.476 e. The third kappa shape index (κ3) is 5.13. The smallest absolute Gasteiger partial charge is 0.336 e. The molecule has 0 spiro atoms. The van der Waals surface area contributed by atoms with Gasteiger partial charge in [0.05, 0.1) is 19.3 Å². The molecule has 5 aromatic rings. The molecule has 1 aliphatic rings. The Morgan fingerprint density at radius 1 is 0.909 bits per heavy atom. The van der Waals surface area contributed by atoms with Crippen molar-refractivity contribution < 1.29 is 13.7 Å². The van der Waals surface area contributed by atoms with Crippen molar-refractivity contribution in [2.24, 2.45) is 5.41 Å². The Morgan fingerprint density at radius 2 is 1.45 bits per heavy atom. The lowest BCUT2D eigenvalue weighted by atomic mass is 9.77. The second-order valence-corrected chi connectivity index (χ2v) is 13.7. The molecule has 0 fully saturated rings. The number of amides is 2. The first kappa shape index (κ1) is 29.2. The van der Waals surface area contributed by atoms with Crippen LogP contribution in [0.5, 0.6) is 5.88 Å². The molecule has 1 unspecified atom stereocenters. The Balaban J connectivity index is 1.67. The summed E-state index contributed by atoms with van der Waals surface area (Å²) in [7, 11) is -4.16. The average Bonchev–Trinajstić information content (AvgIpc) is 3.44. The van der Waals surface area contributed by atoms with Crippen LogP contribution in [-0.4, -0.2) is 30.9 Å². The second kappa shape index (κ2) is 11.3. The minimum absolute atomic E-state index is 0.0413. The molecule has 2 amide bonds. The molecule has 0 aliphatic carbocycles. The van der Waals surface area contributed by atoms with E-state index in [1.54, 1.807) is 10.7 Å². The summed E-state index contributed by atoms with van der Waals surface area (Å²) in [5.41, 5.74) is 1.76. The predicted octanol–water partition coefficient (Wildman–Crippen LogP) is 7.46. The van der Waals surface area contributed by atoms with E-state index < -0.39 is 21.5 Å². The number of hydrogen-bond donors (Lipinski definition) is 2. The third-order valence-corrected chi connectivity index (χ3v) is 9.66. The number of anilines is 1. The van der Waals surface area contributed by atoms with Gasteiger partial charge in [-0.15, -0.1) is 0 Å². The van der Waals surface area contributed by atoms with Gasteiger partial charge in [0.1, 0.15) is 10.4 Å². The number of nitrogens with zero attached hydrogens (tertiary/aromatic N) is 3. The molecule has 6 rings (SSSR count). The Bertz CT molecular complexity index is 1790. The number of urea groups is 1. The van der Waals surface area contributed by atoms with E-state index in [9.17, 15) is 9.57 Å². The maximum atomic E-state index is 15.4. The largest absolute Gasteiger partial charge is 0.476 e. The summed E-state index contributed by atoms with van der Waals surface area (Å²) in [6.45, 7) is 6.93. The van der Waals surface area contributed by atoms with Crippen LogP contribution in [0.3, 0.4) is 0 Å². The molecule has 1 aromatic heterocycles. The first-order chi connectivity index (χ1) is 21.1. The van der Waals surface area contributed by atoms with Crippen molar-refractivity contribution in [2.75, 3.05) is 11.9 Å². The van der Waals surface area contributed by atoms with Crippen molar-refractivity contribution in [3.05, 3.63) is 144 Å². The second-order valence-electron chi connectivity index (χ2n) is 11.9. The summed E-state index contributed by atoms with van der Waals surface area (Å²) < 4.78 is 34.2. The van der Waals surface area contributed by atoms with Gasteiger partial charge in [-0.05, 0) is 41.3 Å². The van der Waals surface area contributed by atoms with Gasteiger partial charge in [0.2, 0.25) is 5.88 Å². The van der Waals surface area contributed by atoms with Gasteiger partial charge in [-0.2, -0.15) is 5.10 Å². The molecule has 1 atom stereocenters. The van der Waals surface area contributed by atoms with Crippen molar-refractivity contribution >= 4 is 21.6 Å². The van der Waals surface area contributed by atoms with Crippen LogP contribution in [-0.2, 0) is 22.0 Å². The normalized spacial score (nSPS) is 15.3. The summed E-state index contributed by atoms with van der Waals surface area (Å²) in [4.78, 5) is 14.9. The molecule has 2 heterocycles. The molecule has 224 valence electrons. The lowest BCUT2D eigenvalue weighted by Gasteiger charge is -2.45. The average molecular weight is 606 g/mol. The van der Waals surface area contributed by atoms with E-state index in [0.717, 1.165) is 5.56 Å². The number of ether oxygens (including phenoxy) is 1. The van der Waals surface area contributed by atoms with E-state index in [4.69, 9.17) is 4.74 Å². The van der Waals surface area contributed by atoms with Crippen LogP contribution in [0.15, 0.2) is 126 Å². The molecule has 8 nitrogen and oxygen atoms in total. The van der Waals surface area contributed by atoms with Gasteiger partial charge < -0.3 is 10.1 Å². The highest BCUT2D eigenvalue weighted by molar-refractivity contribution is 7.90. The monoisotopic (exact) mass is 605 g/mol. The third-order valence-electron chi connectivity index (χ3n) is 7.83. The highest BCUT2D eigenvalue weighted by Gasteiger charge is 2.51. The zero-order valence-corrected chi connectivity index (χ0v) is 25.8. The Kier molecular flexibility index (Phi) is 7.51. The van der Waals surface area contributed by atoms with Crippen LogP contribution >= 0.6 is 0 Å². The van der Waals surface area contributed by atoms with E-state index >= 15 is 4.21 Å². The fraction of sp³-hybridized carbons (Fsp3) is 0.200. The Hall–Kier alpha value is -4.89. The Morgan fingerprint density at radius 3 is 1.98 bits per heavy atom. The predicted molar refractivity (Wildman–Crippen MR) is 172 cm³/mol. The topological polar surface area (TPSA) is 100 Å². The summed E-state index contributed by atoms with van der Waals surface area (Å²) in [6, 6.07) is 35.0. The van der Waals surface area contributed by atoms with Crippen LogP contribution in [0, 0.1) is 17.1 Å². The van der Waals surface area contributed by atoms with E-state index in [0.29, 0.717) is 35.5 Å².